The minimum atomic E-state index is 0.332. The number of morpholine rings is 1. The number of pyridine rings is 1. The lowest BCUT2D eigenvalue weighted by Crippen LogP contribution is -2.45. The van der Waals surface area contributed by atoms with Gasteiger partial charge >= 0.3 is 0 Å². The van der Waals surface area contributed by atoms with Crippen LogP contribution in [0.2, 0.25) is 0 Å². The quantitative estimate of drug-likeness (QED) is 0.830. The second-order valence-corrected chi connectivity index (χ2v) is 5.04. The Morgan fingerprint density at radius 2 is 2.44 bits per heavy atom. The third-order valence-electron chi connectivity index (χ3n) is 3.36. The van der Waals surface area contributed by atoms with Gasteiger partial charge in [0, 0.05) is 37.1 Å². The van der Waals surface area contributed by atoms with E-state index in [1.807, 2.05) is 18.5 Å². The third kappa shape index (κ3) is 4.05. The van der Waals surface area contributed by atoms with E-state index in [-0.39, 0.29) is 0 Å². The van der Waals surface area contributed by atoms with Crippen LogP contribution in [0, 0.1) is 0 Å². The van der Waals surface area contributed by atoms with Crippen LogP contribution in [0.15, 0.2) is 24.5 Å². The summed E-state index contributed by atoms with van der Waals surface area (Å²) >= 11 is 0. The van der Waals surface area contributed by atoms with E-state index in [0.717, 1.165) is 26.2 Å². The predicted octanol–water partition coefficient (Wildman–Crippen LogP) is 1.50. The fraction of sp³-hybridized carbons (Fsp3) is 0.643. The lowest BCUT2D eigenvalue weighted by atomic mass is 10.1. The average molecular weight is 249 g/mol. The maximum absolute atomic E-state index is 5.47. The number of ether oxygens (including phenoxy) is 1. The van der Waals surface area contributed by atoms with Crippen LogP contribution in [0.4, 0.5) is 0 Å². The molecule has 3 atom stereocenters. The molecular weight excluding hydrogens is 226 g/mol. The summed E-state index contributed by atoms with van der Waals surface area (Å²) in [6, 6.07) is 5.36. The van der Waals surface area contributed by atoms with Gasteiger partial charge in [0.2, 0.25) is 0 Å². The van der Waals surface area contributed by atoms with Gasteiger partial charge in [-0.05, 0) is 31.9 Å². The first kappa shape index (κ1) is 13.5. The number of rotatable bonds is 5. The molecule has 18 heavy (non-hydrogen) atoms. The molecule has 4 heteroatoms. The Labute approximate surface area is 109 Å². The lowest BCUT2D eigenvalue weighted by molar-refractivity contribution is 0.0708. The van der Waals surface area contributed by atoms with Crippen molar-refractivity contribution >= 4 is 0 Å². The third-order valence-corrected chi connectivity index (χ3v) is 3.36. The average Bonchev–Trinajstić information content (AvgIpc) is 2.40. The highest BCUT2D eigenvalue weighted by molar-refractivity contribution is 5.12. The topological polar surface area (TPSA) is 46.2 Å². The normalized spacial score (nSPS) is 23.6. The fourth-order valence-corrected chi connectivity index (χ4v) is 2.42. The van der Waals surface area contributed by atoms with Crippen LogP contribution in [0.1, 0.15) is 31.9 Å². The predicted molar refractivity (Wildman–Crippen MR) is 72.5 cm³/mol. The molecule has 1 saturated heterocycles. The van der Waals surface area contributed by atoms with E-state index in [1.54, 1.807) is 0 Å². The smallest absolute Gasteiger partial charge is 0.0620 e. The second kappa shape index (κ2) is 6.83. The zero-order valence-corrected chi connectivity index (χ0v) is 11.2. The van der Waals surface area contributed by atoms with Crippen LogP contribution < -0.4 is 10.6 Å². The summed E-state index contributed by atoms with van der Waals surface area (Å²) in [4.78, 5) is 4.16. The van der Waals surface area contributed by atoms with Gasteiger partial charge in [-0.1, -0.05) is 6.07 Å². The largest absolute Gasteiger partial charge is 0.379 e. The SMILES string of the molecule is CC(CC1COCCN1)N[C@H](C)c1cccnc1. The molecule has 0 spiro atoms. The van der Waals surface area contributed by atoms with Crippen LogP contribution >= 0.6 is 0 Å². The summed E-state index contributed by atoms with van der Waals surface area (Å²) in [6.45, 7) is 7.04. The van der Waals surface area contributed by atoms with Crippen LogP contribution in [-0.2, 0) is 4.74 Å². The van der Waals surface area contributed by atoms with Crippen molar-refractivity contribution in [1.82, 2.24) is 15.6 Å². The Hall–Kier alpha value is -0.970. The molecule has 1 fully saturated rings. The minimum absolute atomic E-state index is 0.332. The summed E-state index contributed by atoms with van der Waals surface area (Å²) in [7, 11) is 0. The molecule has 0 saturated carbocycles. The Morgan fingerprint density at radius 1 is 1.56 bits per heavy atom. The first-order chi connectivity index (χ1) is 8.75. The van der Waals surface area contributed by atoms with E-state index in [4.69, 9.17) is 4.74 Å². The molecule has 0 amide bonds. The zero-order valence-electron chi connectivity index (χ0n) is 11.2. The van der Waals surface area contributed by atoms with Crippen LogP contribution in [-0.4, -0.2) is 36.8 Å². The van der Waals surface area contributed by atoms with Crippen LogP contribution in [0.3, 0.4) is 0 Å². The summed E-state index contributed by atoms with van der Waals surface area (Å²) in [5.41, 5.74) is 1.23. The summed E-state index contributed by atoms with van der Waals surface area (Å²) in [6.07, 6.45) is 4.82. The highest BCUT2D eigenvalue weighted by atomic mass is 16.5. The van der Waals surface area contributed by atoms with Gasteiger partial charge in [0.15, 0.2) is 0 Å². The van der Waals surface area contributed by atoms with Gasteiger partial charge in [-0.15, -0.1) is 0 Å². The van der Waals surface area contributed by atoms with Gasteiger partial charge in [-0.2, -0.15) is 0 Å². The first-order valence-corrected chi connectivity index (χ1v) is 6.73. The summed E-state index contributed by atoms with van der Waals surface area (Å²) < 4.78 is 5.47. The molecule has 1 aromatic rings. The van der Waals surface area contributed by atoms with E-state index < -0.39 is 0 Å². The monoisotopic (exact) mass is 249 g/mol. The van der Waals surface area contributed by atoms with Crippen molar-refractivity contribution in [3.63, 3.8) is 0 Å². The zero-order chi connectivity index (χ0) is 12.8. The van der Waals surface area contributed by atoms with Gasteiger partial charge in [0.1, 0.15) is 0 Å². The van der Waals surface area contributed by atoms with Crippen molar-refractivity contribution in [2.45, 2.75) is 38.4 Å². The van der Waals surface area contributed by atoms with E-state index in [0.29, 0.717) is 18.1 Å². The number of nitrogens with zero attached hydrogens (tertiary/aromatic N) is 1. The maximum Gasteiger partial charge on any atom is 0.0620 e. The molecule has 100 valence electrons. The van der Waals surface area contributed by atoms with Crippen molar-refractivity contribution in [2.75, 3.05) is 19.8 Å². The Kier molecular flexibility index (Phi) is 5.11. The molecule has 2 N–H and O–H groups in total. The van der Waals surface area contributed by atoms with Gasteiger partial charge in [0.25, 0.3) is 0 Å². The van der Waals surface area contributed by atoms with Crippen molar-refractivity contribution in [3.8, 4) is 0 Å². The Morgan fingerprint density at radius 3 is 3.11 bits per heavy atom. The lowest BCUT2D eigenvalue weighted by Gasteiger charge is -2.28. The fourth-order valence-electron chi connectivity index (χ4n) is 2.42. The number of hydrogen-bond acceptors (Lipinski definition) is 4. The first-order valence-electron chi connectivity index (χ1n) is 6.73. The maximum atomic E-state index is 5.47. The highest BCUT2D eigenvalue weighted by Gasteiger charge is 2.17. The van der Waals surface area contributed by atoms with Crippen molar-refractivity contribution in [2.24, 2.45) is 0 Å². The molecule has 0 bridgehead atoms. The molecule has 0 aliphatic carbocycles. The highest BCUT2D eigenvalue weighted by Crippen LogP contribution is 2.12. The van der Waals surface area contributed by atoms with Gasteiger partial charge in [0.05, 0.1) is 13.2 Å². The Bertz CT molecular complexity index is 338. The van der Waals surface area contributed by atoms with Gasteiger partial charge in [-0.3, -0.25) is 4.98 Å². The molecule has 4 nitrogen and oxygen atoms in total. The summed E-state index contributed by atoms with van der Waals surface area (Å²) in [5.74, 6) is 0. The van der Waals surface area contributed by atoms with Crippen molar-refractivity contribution in [1.29, 1.82) is 0 Å². The summed E-state index contributed by atoms with van der Waals surface area (Å²) in [5, 5.41) is 7.09. The van der Waals surface area contributed by atoms with E-state index in [2.05, 4.69) is 35.5 Å². The molecule has 1 aliphatic rings. The molecular formula is C14H23N3O. The van der Waals surface area contributed by atoms with E-state index in [9.17, 15) is 0 Å². The molecule has 2 rings (SSSR count). The molecule has 0 radical (unpaired) electrons. The minimum Gasteiger partial charge on any atom is -0.379 e. The standard InChI is InChI=1S/C14H23N3O/c1-11(8-14-10-18-7-6-16-14)17-12(2)13-4-3-5-15-9-13/h3-5,9,11-12,14,16-17H,6-8,10H2,1-2H3/t11?,12-,14?/m1/s1. The van der Waals surface area contributed by atoms with Gasteiger partial charge < -0.3 is 15.4 Å². The molecule has 2 heterocycles. The number of aromatic nitrogens is 1. The molecule has 2 unspecified atom stereocenters. The van der Waals surface area contributed by atoms with Crippen molar-refractivity contribution < 1.29 is 4.74 Å². The molecule has 1 aliphatic heterocycles. The molecule has 1 aromatic heterocycles. The number of hydrogen-bond donors (Lipinski definition) is 2. The molecule has 0 aromatic carbocycles. The van der Waals surface area contributed by atoms with Crippen LogP contribution in [0.25, 0.3) is 0 Å². The number of nitrogens with one attached hydrogen (secondary N) is 2. The van der Waals surface area contributed by atoms with E-state index in [1.165, 1.54) is 5.56 Å². The second-order valence-electron chi connectivity index (χ2n) is 5.04. The van der Waals surface area contributed by atoms with Crippen molar-refractivity contribution in [3.05, 3.63) is 30.1 Å². The van der Waals surface area contributed by atoms with Gasteiger partial charge in [-0.25, -0.2) is 0 Å². The van der Waals surface area contributed by atoms with Crippen LogP contribution in [0.5, 0.6) is 0 Å². The Balaban J connectivity index is 1.78. The van der Waals surface area contributed by atoms with E-state index >= 15 is 0 Å².